The second-order valence-electron chi connectivity index (χ2n) is 3.43. The lowest BCUT2D eigenvalue weighted by Gasteiger charge is -2.22. The Morgan fingerprint density at radius 2 is 2.38 bits per heavy atom. The summed E-state index contributed by atoms with van der Waals surface area (Å²) in [6.45, 7) is 0.337. The zero-order chi connectivity index (χ0) is 9.42. The number of ether oxygens (including phenoxy) is 1. The number of carbonyl (C=O) groups excluding carboxylic acids is 1. The zero-order valence-electron chi connectivity index (χ0n) is 6.97. The minimum Gasteiger partial charge on any atom is -0.481 e. The lowest BCUT2D eigenvalue weighted by molar-refractivity contribution is -0.151. The summed E-state index contributed by atoms with van der Waals surface area (Å²) < 4.78 is 4.83. The van der Waals surface area contributed by atoms with E-state index in [-0.39, 0.29) is 11.9 Å². The summed E-state index contributed by atoms with van der Waals surface area (Å²) in [7, 11) is 0. The van der Waals surface area contributed by atoms with Gasteiger partial charge in [0, 0.05) is 5.92 Å². The third-order valence-corrected chi connectivity index (χ3v) is 2.68. The van der Waals surface area contributed by atoms with Crippen LogP contribution in [0.5, 0.6) is 0 Å². The number of carbonyl (C=O) groups is 2. The first-order valence-corrected chi connectivity index (χ1v) is 4.26. The van der Waals surface area contributed by atoms with Crippen LogP contribution in [0.2, 0.25) is 0 Å². The van der Waals surface area contributed by atoms with Gasteiger partial charge in [-0.15, -0.1) is 0 Å². The summed E-state index contributed by atoms with van der Waals surface area (Å²) in [4.78, 5) is 22.0. The van der Waals surface area contributed by atoms with Crippen molar-refractivity contribution in [1.29, 1.82) is 0 Å². The van der Waals surface area contributed by atoms with Gasteiger partial charge >= 0.3 is 11.9 Å². The number of fused-ring (bicyclic) bond motifs is 1. The monoisotopic (exact) mass is 182 g/mol. The lowest BCUT2D eigenvalue weighted by Crippen LogP contribution is -2.32. The van der Waals surface area contributed by atoms with E-state index in [2.05, 4.69) is 0 Å². The van der Waals surface area contributed by atoms with Crippen molar-refractivity contribution in [3.8, 4) is 0 Å². The van der Waals surface area contributed by atoms with Crippen LogP contribution in [0.15, 0.2) is 12.2 Å². The number of rotatable bonds is 1. The normalized spacial score (nSPS) is 36.9. The maximum absolute atomic E-state index is 11.2. The van der Waals surface area contributed by atoms with E-state index < -0.39 is 17.8 Å². The van der Waals surface area contributed by atoms with Crippen LogP contribution in [0, 0.1) is 17.8 Å². The molecule has 1 aliphatic heterocycles. The number of carboxylic acids is 1. The van der Waals surface area contributed by atoms with Crippen molar-refractivity contribution in [1.82, 2.24) is 0 Å². The SMILES string of the molecule is O=C1OC[C@@H]2C=CC[C@@H](C(=O)O)[C@H]12. The van der Waals surface area contributed by atoms with E-state index in [4.69, 9.17) is 9.84 Å². The molecule has 2 aliphatic rings. The van der Waals surface area contributed by atoms with Crippen LogP contribution in [-0.2, 0) is 14.3 Å². The second-order valence-corrected chi connectivity index (χ2v) is 3.43. The highest BCUT2D eigenvalue weighted by atomic mass is 16.5. The van der Waals surface area contributed by atoms with Crippen molar-refractivity contribution in [3.05, 3.63) is 12.2 Å². The first kappa shape index (κ1) is 8.29. The average Bonchev–Trinajstić information content (AvgIpc) is 2.48. The first-order valence-electron chi connectivity index (χ1n) is 4.26. The first-order chi connectivity index (χ1) is 6.20. The molecule has 4 nitrogen and oxygen atoms in total. The highest BCUT2D eigenvalue weighted by Crippen LogP contribution is 2.35. The molecule has 0 spiro atoms. The van der Waals surface area contributed by atoms with Gasteiger partial charge in [-0.25, -0.2) is 0 Å². The van der Waals surface area contributed by atoms with Gasteiger partial charge in [0.25, 0.3) is 0 Å². The maximum Gasteiger partial charge on any atom is 0.310 e. The Bertz CT molecular complexity index is 281. The Balaban J connectivity index is 2.27. The quantitative estimate of drug-likeness (QED) is 0.472. The van der Waals surface area contributed by atoms with E-state index in [0.29, 0.717) is 13.0 Å². The minimum absolute atomic E-state index is 0.0256. The van der Waals surface area contributed by atoms with Crippen LogP contribution >= 0.6 is 0 Å². The average molecular weight is 182 g/mol. The van der Waals surface area contributed by atoms with Crippen molar-refractivity contribution in [2.75, 3.05) is 6.61 Å². The van der Waals surface area contributed by atoms with Gasteiger partial charge in [-0.05, 0) is 6.42 Å². The molecule has 2 rings (SSSR count). The molecule has 0 saturated carbocycles. The summed E-state index contributed by atoms with van der Waals surface area (Å²) in [5, 5.41) is 8.86. The Kier molecular flexibility index (Phi) is 1.83. The molecular weight excluding hydrogens is 172 g/mol. The van der Waals surface area contributed by atoms with Gasteiger partial charge in [0.2, 0.25) is 0 Å². The van der Waals surface area contributed by atoms with Crippen LogP contribution in [0.4, 0.5) is 0 Å². The number of aliphatic carboxylic acids is 1. The van der Waals surface area contributed by atoms with Crippen LogP contribution < -0.4 is 0 Å². The molecule has 1 N–H and O–H groups in total. The lowest BCUT2D eigenvalue weighted by atomic mass is 9.77. The fraction of sp³-hybridized carbons (Fsp3) is 0.556. The van der Waals surface area contributed by atoms with Gasteiger partial charge in [0.15, 0.2) is 0 Å². The van der Waals surface area contributed by atoms with Crippen molar-refractivity contribution < 1.29 is 19.4 Å². The molecule has 1 saturated heterocycles. The Labute approximate surface area is 75.2 Å². The number of cyclic esters (lactones) is 1. The number of carboxylic acid groups (broad SMARTS) is 1. The largest absolute Gasteiger partial charge is 0.481 e. The van der Waals surface area contributed by atoms with Crippen molar-refractivity contribution in [2.45, 2.75) is 6.42 Å². The van der Waals surface area contributed by atoms with Crippen LogP contribution in [0.1, 0.15) is 6.42 Å². The fourth-order valence-electron chi connectivity index (χ4n) is 1.99. The fourth-order valence-corrected chi connectivity index (χ4v) is 1.99. The molecule has 70 valence electrons. The van der Waals surface area contributed by atoms with E-state index in [1.165, 1.54) is 0 Å². The molecule has 1 heterocycles. The van der Waals surface area contributed by atoms with Crippen molar-refractivity contribution >= 4 is 11.9 Å². The molecule has 13 heavy (non-hydrogen) atoms. The van der Waals surface area contributed by atoms with Gasteiger partial charge in [-0.2, -0.15) is 0 Å². The Hall–Kier alpha value is -1.32. The van der Waals surface area contributed by atoms with Crippen LogP contribution in [0.3, 0.4) is 0 Å². The van der Waals surface area contributed by atoms with E-state index in [0.717, 1.165) is 0 Å². The highest BCUT2D eigenvalue weighted by molar-refractivity contribution is 5.83. The predicted octanol–water partition coefficient (Wildman–Crippen LogP) is 0.436. The van der Waals surface area contributed by atoms with E-state index >= 15 is 0 Å². The summed E-state index contributed by atoms with van der Waals surface area (Å²) in [5.41, 5.74) is 0. The van der Waals surface area contributed by atoms with Gasteiger partial charge in [0.1, 0.15) is 0 Å². The topological polar surface area (TPSA) is 63.6 Å². The molecule has 0 amide bonds. The van der Waals surface area contributed by atoms with Crippen LogP contribution in [-0.4, -0.2) is 23.7 Å². The van der Waals surface area contributed by atoms with Gasteiger partial charge < -0.3 is 9.84 Å². The Morgan fingerprint density at radius 3 is 3.08 bits per heavy atom. The number of allylic oxidation sites excluding steroid dienone is 1. The molecule has 1 aliphatic carbocycles. The van der Waals surface area contributed by atoms with Crippen molar-refractivity contribution in [2.24, 2.45) is 17.8 Å². The van der Waals surface area contributed by atoms with Crippen LogP contribution in [0.25, 0.3) is 0 Å². The third kappa shape index (κ3) is 1.22. The summed E-state index contributed by atoms with van der Waals surface area (Å²) in [5.74, 6) is -2.34. The molecule has 0 unspecified atom stereocenters. The molecule has 0 aromatic carbocycles. The van der Waals surface area contributed by atoms with Gasteiger partial charge in [0.05, 0.1) is 18.4 Å². The highest BCUT2D eigenvalue weighted by Gasteiger charge is 2.45. The molecule has 3 atom stereocenters. The smallest absolute Gasteiger partial charge is 0.310 e. The number of esters is 1. The van der Waals surface area contributed by atoms with E-state index in [1.807, 2.05) is 12.2 Å². The molecule has 0 radical (unpaired) electrons. The van der Waals surface area contributed by atoms with Gasteiger partial charge in [-0.3, -0.25) is 9.59 Å². The summed E-state index contributed by atoms with van der Waals surface area (Å²) in [6, 6.07) is 0. The molecule has 0 aromatic rings. The molecular formula is C9H10O4. The second kappa shape index (κ2) is 2.87. The van der Waals surface area contributed by atoms with E-state index in [9.17, 15) is 9.59 Å². The van der Waals surface area contributed by atoms with Crippen molar-refractivity contribution in [3.63, 3.8) is 0 Å². The van der Waals surface area contributed by atoms with E-state index in [1.54, 1.807) is 0 Å². The molecule has 0 bridgehead atoms. The standard InChI is InChI=1S/C9H10O4/c10-8(11)6-3-1-2-5-4-13-9(12)7(5)6/h1-2,5-7H,3-4H2,(H,10,11)/t5-,6+,7+/m0/s1. The predicted molar refractivity (Wildman–Crippen MR) is 42.8 cm³/mol. The molecule has 1 fully saturated rings. The maximum atomic E-state index is 11.2. The molecule has 0 aromatic heterocycles. The molecule has 4 heteroatoms. The van der Waals surface area contributed by atoms with Gasteiger partial charge in [-0.1, -0.05) is 12.2 Å². The summed E-state index contributed by atoms with van der Waals surface area (Å²) in [6.07, 6.45) is 4.14. The number of hydrogen-bond donors (Lipinski definition) is 1. The minimum atomic E-state index is -0.904. The number of hydrogen-bond acceptors (Lipinski definition) is 3. The third-order valence-electron chi connectivity index (χ3n) is 2.68. The zero-order valence-corrected chi connectivity index (χ0v) is 6.97. The summed E-state index contributed by atoms with van der Waals surface area (Å²) >= 11 is 0. The Morgan fingerprint density at radius 1 is 1.62 bits per heavy atom.